The zero-order valence-corrected chi connectivity index (χ0v) is 13.6. The van der Waals surface area contributed by atoms with E-state index in [-0.39, 0.29) is 5.82 Å². The molecule has 3 aromatic rings. The van der Waals surface area contributed by atoms with Crippen LogP contribution in [0.5, 0.6) is 11.5 Å². The van der Waals surface area contributed by atoms with Crippen LogP contribution in [0.15, 0.2) is 84.9 Å². The molecule has 0 aliphatic heterocycles. The topological polar surface area (TPSA) is 38.7 Å². The highest BCUT2D eigenvalue weighted by atomic mass is 31.2. The van der Waals surface area contributed by atoms with Crippen LogP contribution in [0.4, 0.5) is 4.39 Å². The van der Waals surface area contributed by atoms with E-state index >= 15 is 0 Å². The molecule has 0 amide bonds. The number of rotatable bonds is 6. The number of hydrogen-bond acceptors (Lipinski definition) is 3. The molecule has 3 aromatic carbocycles. The molecule has 1 N–H and O–H groups in total. The van der Waals surface area contributed by atoms with Gasteiger partial charge in [-0.05, 0) is 42.0 Å². The highest BCUT2D eigenvalue weighted by Gasteiger charge is 2.27. The van der Waals surface area contributed by atoms with Gasteiger partial charge < -0.3 is 14.2 Å². The van der Waals surface area contributed by atoms with Crippen LogP contribution < -0.4 is 9.05 Å². The number of hydrogen-bond donors (Lipinski definition) is 1. The summed E-state index contributed by atoms with van der Waals surface area (Å²) in [5.74, 6) is -0.175. The van der Waals surface area contributed by atoms with Crippen molar-refractivity contribution in [3.8, 4) is 11.5 Å². The molecule has 3 nitrogen and oxygen atoms in total. The van der Waals surface area contributed by atoms with Gasteiger partial charge in [-0.3, -0.25) is 0 Å². The number of benzene rings is 3. The fourth-order valence-corrected chi connectivity index (χ4v) is 3.36. The fourth-order valence-electron chi connectivity index (χ4n) is 2.05. The van der Waals surface area contributed by atoms with Crippen molar-refractivity contribution in [2.75, 3.05) is 0 Å². The van der Waals surface area contributed by atoms with Crippen LogP contribution in [0, 0.1) is 5.82 Å². The van der Waals surface area contributed by atoms with Crippen LogP contribution >= 0.6 is 8.38 Å². The van der Waals surface area contributed by atoms with Crippen LogP contribution in [-0.4, -0.2) is 5.11 Å². The first-order chi connectivity index (χ1) is 11.7. The Labute approximate surface area is 141 Å². The smallest absolute Gasteiger partial charge is 0.326 e. The van der Waals surface area contributed by atoms with Crippen molar-refractivity contribution >= 4 is 8.38 Å². The molecule has 122 valence electrons. The molecule has 24 heavy (non-hydrogen) atoms. The quantitative estimate of drug-likeness (QED) is 0.619. The second kappa shape index (κ2) is 7.91. The molecule has 0 spiro atoms. The Morgan fingerprint density at radius 1 is 0.708 bits per heavy atom. The average Bonchev–Trinajstić information content (AvgIpc) is 2.63. The van der Waals surface area contributed by atoms with Crippen LogP contribution in [0.3, 0.4) is 0 Å². The van der Waals surface area contributed by atoms with Gasteiger partial charge in [0, 0.05) is 0 Å². The fraction of sp³-hybridized carbons (Fsp3) is 0.0526. The van der Waals surface area contributed by atoms with Crippen molar-refractivity contribution in [1.82, 2.24) is 0 Å². The molecule has 1 atom stereocenters. The Hall–Kier alpha value is -2.42. The lowest BCUT2D eigenvalue weighted by molar-refractivity contribution is 0.237. The van der Waals surface area contributed by atoms with Crippen molar-refractivity contribution < 1.29 is 18.5 Å². The third-order valence-electron chi connectivity index (χ3n) is 3.25. The predicted octanol–water partition coefficient (Wildman–Crippen LogP) is 5.29. The molecule has 0 radical (unpaired) electrons. The number of para-hydroxylation sites is 2. The van der Waals surface area contributed by atoms with Gasteiger partial charge >= 0.3 is 8.38 Å². The molecule has 0 fully saturated rings. The monoisotopic (exact) mass is 342 g/mol. The molecule has 0 bridgehead atoms. The molecular weight excluding hydrogens is 326 g/mol. The maximum Gasteiger partial charge on any atom is 0.326 e. The van der Waals surface area contributed by atoms with Crippen molar-refractivity contribution in [3.05, 3.63) is 96.3 Å². The number of aliphatic hydroxyl groups is 1. The van der Waals surface area contributed by atoms with Crippen molar-refractivity contribution in [2.45, 2.75) is 5.85 Å². The van der Waals surface area contributed by atoms with Crippen molar-refractivity contribution in [2.24, 2.45) is 0 Å². The van der Waals surface area contributed by atoms with E-state index in [9.17, 15) is 9.50 Å². The zero-order valence-electron chi connectivity index (χ0n) is 12.7. The van der Waals surface area contributed by atoms with E-state index in [1.807, 2.05) is 36.4 Å². The molecule has 3 rings (SSSR count). The van der Waals surface area contributed by atoms with Gasteiger partial charge in [-0.2, -0.15) is 0 Å². The summed E-state index contributed by atoms with van der Waals surface area (Å²) in [4.78, 5) is 0. The highest BCUT2D eigenvalue weighted by Crippen LogP contribution is 2.51. The molecule has 0 saturated carbocycles. The molecule has 1 unspecified atom stereocenters. The van der Waals surface area contributed by atoms with Gasteiger partial charge in [0.25, 0.3) is 0 Å². The Morgan fingerprint density at radius 3 is 1.62 bits per heavy atom. The molecule has 0 aliphatic rings. The molecule has 0 aromatic heterocycles. The van der Waals surface area contributed by atoms with Gasteiger partial charge in [-0.15, -0.1) is 0 Å². The van der Waals surface area contributed by atoms with Gasteiger partial charge in [-0.25, -0.2) is 4.39 Å². The highest BCUT2D eigenvalue weighted by molar-refractivity contribution is 7.48. The summed E-state index contributed by atoms with van der Waals surface area (Å²) >= 11 is 0. The lowest BCUT2D eigenvalue weighted by Gasteiger charge is -2.23. The van der Waals surface area contributed by atoms with Crippen LogP contribution in [0.2, 0.25) is 0 Å². The molecular formula is C19H16FO3P. The Bertz CT molecular complexity index is 709. The van der Waals surface area contributed by atoms with Gasteiger partial charge in [0.2, 0.25) is 0 Å². The van der Waals surface area contributed by atoms with E-state index < -0.39 is 14.2 Å². The van der Waals surface area contributed by atoms with Crippen LogP contribution in [0.25, 0.3) is 0 Å². The third kappa shape index (κ3) is 4.31. The summed E-state index contributed by atoms with van der Waals surface area (Å²) in [7, 11) is -1.73. The summed E-state index contributed by atoms with van der Waals surface area (Å²) in [5.41, 5.74) is 0.536. The summed E-state index contributed by atoms with van der Waals surface area (Å²) in [5, 5.41) is 10.7. The Morgan fingerprint density at radius 2 is 1.17 bits per heavy atom. The summed E-state index contributed by atoms with van der Waals surface area (Å²) in [6, 6.07) is 24.0. The van der Waals surface area contributed by atoms with E-state index in [4.69, 9.17) is 9.05 Å². The zero-order chi connectivity index (χ0) is 16.8. The minimum atomic E-state index is -1.73. The predicted molar refractivity (Wildman–Crippen MR) is 92.4 cm³/mol. The Kier molecular flexibility index (Phi) is 5.42. The Balaban J connectivity index is 1.84. The first kappa shape index (κ1) is 16.4. The largest absolute Gasteiger partial charge is 0.437 e. The third-order valence-corrected chi connectivity index (χ3v) is 4.72. The lowest BCUT2D eigenvalue weighted by Crippen LogP contribution is -2.06. The minimum absolute atomic E-state index is 0.358. The van der Waals surface area contributed by atoms with Crippen molar-refractivity contribution in [1.29, 1.82) is 0 Å². The van der Waals surface area contributed by atoms with E-state index in [0.717, 1.165) is 0 Å². The van der Waals surface area contributed by atoms with E-state index in [0.29, 0.717) is 17.1 Å². The van der Waals surface area contributed by atoms with Crippen LogP contribution in [-0.2, 0) is 0 Å². The van der Waals surface area contributed by atoms with Gasteiger partial charge in [0.05, 0.1) is 0 Å². The van der Waals surface area contributed by atoms with Gasteiger partial charge in [0.1, 0.15) is 17.3 Å². The first-order valence-corrected chi connectivity index (χ1v) is 8.66. The molecule has 0 saturated heterocycles. The summed E-state index contributed by atoms with van der Waals surface area (Å²) < 4.78 is 24.8. The van der Waals surface area contributed by atoms with E-state index in [2.05, 4.69) is 0 Å². The van der Waals surface area contributed by atoms with E-state index in [1.165, 1.54) is 24.3 Å². The first-order valence-electron chi connectivity index (χ1n) is 7.41. The second-order valence-corrected chi connectivity index (χ2v) is 6.44. The SMILES string of the molecule is OC(c1ccc(F)cc1)P(Oc1ccccc1)Oc1ccccc1. The van der Waals surface area contributed by atoms with Crippen LogP contribution in [0.1, 0.15) is 11.4 Å². The number of aliphatic hydroxyl groups excluding tert-OH is 1. The standard InChI is InChI=1S/C19H16FO3P/c20-16-13-11-15(12-14-16)19(21)24(22-17-7-3-1-4-8-17)23-18-9-5-2-6-10-18/h1-14,19,21H. The lowest BCUT2D eigenvalue weighted by atomic mass is 10.2. The van der Waals surface area contributed by atoms with Crippen molar-refractivity contribution in [3.63, 3.8) is 0 Å². The van der Waals surface area contributed by atoms with Gasteiger partial charge in [0.15, 0.2) is 5.85 Å². The molecule has 0 aliphatic carbocycles. The molecule has 0 heterocycles. The summed E-state index contributed by atoms with van der Waals surface area (Å²) in [6.45, 7) is 0. The van der Waals surface area contributed by atoms with Gasteiger partial charge in [-0.1, -0.05) is 48.5 Å². The second-order valence-electron chi connectivity index (χ2n) is 5.02. The minimum Gasteiger partial charge on any atom is -0.437 e. The maximum atomic E-state index is 13.1. The normalized spacial score (nSPS) is 12.0. The van der Waals surface area contributed by atoms with E-state index in [1.54, 1.807) is 24.3 Å². The number of halogens is 1. The summed E-state index contributed by atoms with van der Waals surface area (Å²) in [6.07, 6.45) is 0. The average molecular weight is 342 g/mol. The maximum absolute atomic E-state index is 13.1. The molecule has 5 heteroatoms.